The van der Waals surface area contributed by atoms with Crippen molar-refractivity contribution >= 4 is 12.0 Å². The summed E-state index contributed by atoms with van der Waals surface area (Å²) in [5, 5.41) is 2.61. The van der Waals surface area contributed by atoms with Gasteiger partial charge >= 0.3 is 6.09 Å². The van der Waals surface area contributed by atoms with Crippen LogP contribution in [0.4, 0.5) is 9.18 Å². The van der Waals surface area contributed by atoms with Gasteiger partial charge in [-0.2, -0.15) is 0 Å². The second-order valence-electron chi connectivity index (χ2n) is 7.95. The number of nitrogens with one attached hydrogen (secondary N) is 1. The molecule has 1 saturated heterocycles. The molecule has 0 radical (unpaired) electrons. The molecule has 1 fully saturated rings. The average Bonchev–Trinajstić information content (AvgIpc) is 2.80. The Bertz CT molecular complexity index is 643. The summed E-state index contributed by atoms with van der Waals surface area (Å²) in [5.74, 6) is -0.345. The van der Waals surface area contributed by atoms with E-state index in [-0.39, 0.29) is 11.7 Å². The lowest BCUT2D eigenvalue weighted by atomic mass is 10.2. The highest BCUT2D eigenvalue weighted by atomic mass is 19.1. The average molecular weight is 379 g/mol. The van der Waals surface area contributed by atoms with Crippen LogP contribution in [0, 0.1) is 5.82 Å². The van der Waals surface area contributed by atoms with Gasteiger partial charge in [-0.15, -0.1) is 0 Å². The highest BCUT2D eigenvalue weighted by molar-refractivity contribution is 5.85. The molecule has 0 bridgehead atoms. The van der Waals surface area contributed by atoms with E-state index in [1.165, 1.54) is 12.1 Å². The lowest BCUT2D eigenvalue weighted by molar-refractivity contribution is -0.132. The van der Waals surface area contributed by atoms with Gasteiger partial charge in [-0.25, -0.2) is 9.18 Å². The molecule has 1 aromatic rings. The molecular formula is C20H30FN3O3. The maximum atomic E-state index is 13.0. The van der Waals surface area contributed by atoms with E-state index in [1.807, 2.05) is 0 Å². The quantitative estimate of drug-likeness (QED) is 0.874. The smallest absolute Gasteiger partial charge is 0.408 e. The number of hydrogen-bond acceptors (Lipinski definition) is 4. The molecule has 150 valence electrons. The summed E-state index contributed by atoms with van der Waals surface area (Å²) in [6.45, 7) is 10.6. The fraction of sp³-hybridized carbons (Fsp3) is 0.600. The molecule has 0 aromatic heterocycles. The standard InChI is InChI=1S/C20H30FN3O3/c1-15(22-19(26)27-20(2,3)4)18(25)24-11-5-10-23(12-13-24)14-16-6-8-17(21)9-7-16/h6-9,15H,5,10-14H2,1-4H3,(H,22,26). The van der Waals surface area contributed by atoms with E-state index in [0.717, 1.165) is 31.6 Å². The normalized spacial score (nSPS) is 17.1. The Morgan fingerprint density at radius 3 is 2.44 bits per heavy atom. The maximum Gasteiger partial charge on any atom is 0.408 e. The van der Waals surface area contributed by atoms with Crippen molar-refractivity contribution in [1.82, 2.24) is 15.1 Å². The minimum absolute atomic E-state index is 0.107. The summed E-state index contributed by atoms with van der Waals surface area (Å²) in [5.41, 5.74) is 0.451. The zero-order valence-electron chi connectivity index (χ0n) is 16.6. The first-order valence-corrected chi connectivity index (χ1v) is 9.39. The van der Waals surface area contributed by atoms with Gasteiger partial charge in [-0.1, -0.05) is 12.1 Å². The molecule has 1 unspecified atom stereocenters. The van der Waals surface area contributed by atoms with Gasteiger partial charge in [0.25, 0.3) is 0 Å². The molecule has 0 spiro atoms. The first-order chi connectivity index (χ1) is 12.6. The van der Waals surface area contributed by atoms with Crippen LogP contribution in [0.1, 0.15) is 39.7 Å². The summed E-state index contributed by atoms with van der Waals surface area (Å²) < 4.78 is 18.2. The van der Waals surface area contributed by atoms with E-state index >= 15 is 0 Å². The molecule has 1 heterocycles. The van der Waals surface area contributed by atoms with Crippen LogP contribution in [0.2, 0.25) is 0 Å². The van der Waals surface area contributed by atoms with Crippen molar-refractivity contribution in [1.29, 1.82) is 0 Å². The topological polar surface area (TPSA) is 61.9 Å². The monoisotopic (exact) mass is 379 g/mol. The van der Waals surface area contributed by atoms with Crippen molar-refractivity contribution < 1.29 is 18.7 Å². The predicted molar refractivity (Wildman–Crippen MR) is 102 cm³/mol. The van der Waals surface area contributed by atoms with Gasteiger partial charge in [0.2, 0.25) is 5.91 Å². The number of carbonyl (C=O) groups is 2. The molecule has 27 heavy (non-hydrogen) atoms. The molecular weight excluding hydrogens is 349 g/mol. The van der Waals surface area contributed by atoms with Gasteiger partial charge in [0.1, 0.15) is 17.5 Å². The van der Waals surface area contributed by atoms with E-state index in [9.17, 15) is 14.0 Å². The largest absolute Gasteiger partial charge is 0.444 e. The highest BCUT2D eigenvalue weighted by Gasteiger charge is 2.26. The first kappa shape index (κ1) is 21.2. The van der Waals surface area contributed by atoms with Crippen LogP contribution in [0.5, 0.6) is 0 Å². The number of nitrogens with zero attached hydrogens (tertiary/aromatic N) is 2. The Morgan fingerprint density at radius 2 is 1.81 bits per heavy atom. The second-order valence-corrected chi connectivity index (χ2v) is 7.95. The minimum atomic E-state index is -0.636. The van der Waals surface area contributed by atoms with E-state index in [4.69, 9.17) is 4.74 Å². The number of halogens is 1. The second kappa shape index (κ2) is 9.17. The van der Waals surface area contributed by atoms with Crippen LogP contribution in [0.25, 0.3) is 0 Å². The summed E-state index contributed by atoms with van der Waals surface area (Å²) in [6, 6.07) is 5.87. The summed E-state index contributed by atoms with van der Waals surface area (Å²) in [7, 11) is 0. The molecule has 2 amide bonds. The molecule has 1 atom stereocenters. The van der Waals surface area contributed by atoms with Crippen LogP contribution in [0.3, 0.4) is 0 Å². The Kier molecular flexibility index (Phi) is 7.18. The maximum absolute atomic E-state index is 13.0. The molecule has 0 saturated carbocycles. The van der Waals surface area contributed by atoms with Crippen LogP contribution in [-0.4, -0.2) is 59.6 Å². The van der Waals surface area contributed by atoms with Gasteiger partial charge in [0.05, 0.1) is 0 Å². The molecule has 1 N–H and O–H groups in total. The van der Waals surface area contributed by atoms with Gasteiger partial charge in [0, 0.05) is 32.7 Å². The van der Waals surface area contributed by atoms with Crippen molar-refractivity contribution in [3.05, 3.63) is 35.6 Å². The van der Waals surface area contributed by atoms with Gasteiger partial charge in [-0.3, -0.25) is 9.69 Å². The number of carbonyl (C=O) groups excluding carboxylic acids is 2. The third-order valence-corrected chi connectivity index (χ3v) is 4.32. The van der Waals surface area contributed by atoms with Crippen LogP contribution in [-0.2, 0) is 16.1 Å². The Balaban J connectivity index is 1.84. The molecule has 6 nitrogen and oxygen atoms in total. The fourth-order valence-corrected chi connectivity index (χ4v) is 3.02. The zero-order valence-corrected chi connectivity index (χ0v) is 16.6. The summed E-state index contributed by atoms with van der Waals surface area (Å²) >= 11 is 0. The van der Waals surface area contributed by atoms with Crippen molar-refractivity contribution in [2.45, 2.75) is 52.3 Å². The number of rotatable bonds is 4. The van der Waals surface area contributed by atoms with Crippen LogP contribution in [0.15, 0.2) is 24.3 Å². The van der Waals surface area contributed by atoms with Gasteiger partial charge in [0.15, 0.2) is 0 Å². The lowest BCUT2D eigenvalue weighted by Gasteiger charge is -2.26. The summed E-state index contributed by atoms with van der Waals surface area (Å²) in [6.07, 6.45) is 0.266. The first-order valence-electron chi connectivity index (χ1n) is 9.39. The van der Waals surface area contributed by atoms with E-state index in [0.29, 0.717) is 13.1 Å². The van der Waals surface area contributed by atoms with Gasteiger partial charge in [-0.05, 0) is 51.8 Å². The Morgan fingerprint density at radius 1 is 1.15 bits per heavy atom. The SMILES string of the molecule is CC(NC(=O)OC(C)(C)C)C(=O)N1CCCN(Cc2ccc(F)cc2)CC1. The van der Waals surface area contributed by atoms with Crippen LogP contribution < -0.4 is 5.32 Å². The minimum Gasteiger partial charge on any atom is -0.444 e. The molecule has 1 aliphatic rings. The molecule has 7 heteroatoms. The molecule has 2 rings (SSSR count). The van der Waals surface area contributed by atoms with Crippen molar-refractivity contribution in [2.24, 2.45) is 0 Å². The Hall–Kier alpha value is -2.15. The Labute approximate surface area is 160 Å². The lowest BCUT2D eigenvalue weighted by Crippen LogP contribution is -2.49. The van der Waals surface area contributed by atoms with Crippen molar-refractivity contribution in [2.75, 3.05) is 26.2 Å². The van der Waals surface area contributed by atoms with E-state index in [2.05, 4.69) is 10.2 Å². The molecule has 1 aliphatic heterocycles. The van der Waals surface area contributed by atoms with Crippen LogP contribution >= 0.6 is 0 Å². The number of hydrogen-bond donors (Lipinski definition) is 1. The third kappa shape index (κ3) is 7.17. The highest BCUT2D eigenvalue weighted by Crippen LogP contribution is 2.11. The van der Waals surface area contributed by atoms with Crippen molar-refractivity contribution in [3.63, 3.8) is 0 Å². The summed E-state index contributed by atoms with van der Waals surface area (Å²) in [4.78, 5) is 28.6. The number of alkyl carbamates (subject to hydrolysis) is 1. The number of benzene rings is 1. The fourth-order valence-electron chi connectivity index (χ4n) is 3.02. The predicted octanol–water partition coefficient (Wildman–Crippen LogP) is 2.77. The zero-order chi connectivity index (χ0) is 20.0. The molecule has 1 aromatic carbocycles. The van der Waals surface area contributed by atoms with Crippen molar-refractivity contribution in [3.8, 4) is 0 Å². The third-order valence-electron chi connectivity index (χ3n) is 4.32. The van der Waals surface area contributed by atoms with E-state index in [1.54, 1.807) is 44.7 Å². The van der Waals surface area contributed by atoms with Gasteiger partial charge < -0.3 is 15.0 Å². The number of ether oxygens (including phenoxy) is 1. The van der Waals surface area contributed by atoms with E-state index < -0.39 is 17.7 Å². The number of amides is 2. The molecule has 0 aliphatic carbocycles.